The monoisotopic (exact) mass is 381 g/mol. The maximum atomic E-state index is 11.8. The third-order valence-corrected chi connectivity index (χ3v) is 4.67. The van der Waals surface area contributed by atoms with Crippen molar-refractivity contribution in [2.24, 2.45) is 0 Å². The van der Waals surface area contributed by atoms with Crippen LogP contribution in [0.3, 0.4) is 0 Å². The molecular formula is C20H15NO7. The first-order valence-electron chi connectivity index (χ1n) is 8.65. The molecule has 0 atom stereocenters. The molecule has 1 saturated heterocycles. The molecule has 8 heteroatoms. The van der Waals surface area contributed by atoms with Crippen molar-refractivity contribution >= 4 is 24.1 Å². The van der Waals surface area contributed by atoms with E-state index in [2.05, 4.69) is 9.57 Å². The molecule has 0 unspecified atom stereocenters. The summed E-state index contributed by atoms with van der Waals surface area (Å²) in [6.45, 7) is -0.0400. The molecule has 1 aliphatic heterocycles. The van der Waals surface area contributed by atoms with E-state index in [9.17, 15) is 19.2 Å². The molecule has 0 bridgehead atoms. The van der Waals surface area contributed by atoms with Gasteiger partial charge in [-0.25, -0.2) is 9.59 Å². The summed E-state index contributed by atoms with van der Waals surface area (Å²) in [5, 5.41) is 0.291. The van der Waals surface area contributed by atoms with E-state index in [1.807, 2.05) is 48.5 Å². The Kier molecular flexibility index (Phi) is 4.52. The molecule has 4 rings (SSSR count). The molecule has 2 aliphatic rings. The molecule has 28 heavy (non-hydrogen) atoms. The van der Waals surface area contributed by atoms with E-state index in [0.29, 0.717) is 5.06 Å². The van der Waals surface area contributed by atoms with E-state index >= 15 is 0 Å². The fourth-order valence-corrected chi connectivity index (χ4v) is 3.44. The standard InChI is InChI=1S/C20H15NO7/c22-17-9-10-18(23)21(17)28-20(25)27-19(24)26-11-16-14-7-3-1-5-12(14)13-6-2-4-8-15(13)16/h1-8,16H,9-11H2. The van der Waals surface area contributed by atoms with Crippen LogP contribution < -0.4 is 0 Å². The van der Waals surface area contributed by atoms with Gasteiger partial charge < -0.3 is 9.47 Å². The lowest BCUT2D eigenvalue weighted by Gasteiger charge is -2.14. The van der Waals surface area contributed by atoms with Crippen LogP contribution in [0.2, 0.25) is 0 Å². The Hall–Kier alpha value is -3.68. The summed E-state index contributed by atoms with van der Waals surface area (Å²) in [4.78, 5) is 50.7. The molecule has 142 valence electrons. The topological polar surface area (TPSA) is 99.2 Å². The van der Waals surface area contributed by atoms with Gasteiger partial charge in [-0.05, 0) is 22.3 Å². The van der Waals surface area contributed by atoms with Gasteiger partial charge in [0.2, 0.25) is 0 Å². The Bertz CT molecular complexity index is 923. The summed E-state index contributed by atoms with van der Waals surface area (Å²) in [6, 6.07) is 15.6. The molecule has 0 N–H and O–H groups in total. The van der Waals surface area contributed by atoms with Crippen molar-refractivity contribution in [2.75, 3.05) is 6.61 Å². The first-order valence-corrected chi connectivity index (χ1v) is 8.65. The van der Waals surface area contributed by atoms with Crippen LogP contribution in [0.1, 0.15) is 29.9 Å². The van der Waals surface area contributed by atoms with E-state index in [0.717, 1.165) is 22.3 Å². The van der Waals surface area contributed by atoms with E-state index < -0.39 is 24.1 Å². The molecular weight excluding hydrogens is 366 g/mol. The van der Waals surface area contributed by atoms with Gasteiger partial charge in [0.1, 0.15) is 6.61 Å². The quantitative estimate of drug-likeness (QED) is 0.457. The molecule has 0 saturated carbocycles. The van der Waals surface area contributed by atoms with Crippen molar-refractivity contribution in [3.05, 3.63) is 59.7 Å². The summed E-state index contributed by atoms with van der Waals surface area (Å²) in [5.74, 6) is -1.54. The minimum atomic E-state index is -1.50. The summed E-state index contributed by atoms with van der Waals surface area (Å²) in [7, 11) is 0. The van der Waals surface area contributed by atoms with Crippen molar-refractivity contribution in [2.45, 2.75) is 18.8 Å². The number of ether oxygens (including phenoxy) is 2. The molecule has 8 nitrogen and oxygen atoms in total. The fraction of sp³-hybridized carbons (Fsp3) is 0.200. The molecule has 0 spiro atoms. The third kappa shape index (κ3) is 3.20. The maximum absolute atomic E-state index is 11.8. The highest BCUT2D eigenvalue weighted by atomic mass is 16.9. The van der Waals surface area contributed by atoms with E-state index in [1.165, 1.54) is 0 Å². The lowest BCUT2D eigenvalue weighted by molar-refractivity contribution is -0.176. The third-order valence-electron chi connectivity index (χ3n) is 4.67. The number of carbonyl (C=O) groups excluding carboxylic acids is 4. The van der Waals surface area contributed by atoms with Crippen LogP contribution in [-0.2, 0) is 23.9 Å². The molecule has 0 radical (unpaired) electrons. The van der Waals surface area contributed by atoms with Crippen LogP contribution in [-0.4, -0.2) is 35.8 Å². The zero-order chi connectivity index (χ0) is 19.7. The Labute approximate surface area is 159 Å². The summed E-state index contributed by atoms with van der Waals surface area (Å²) < 4.78 is 9.45. The van der Waals surface area contributed by atoms with Gasteiger partial charge in [0, 0.05) is 18.8 Å². The average molecular weight is 381 g/mol. The number of hydroxylamine groups is 2. The van der Waals surface area contributed by atoms with Crippen molar-refractivity contribution in [3.8, 4) is 11.1 Å². The smallest absolute Gasteiger partial charge is 0.433 e. The Morgan fingerprint density at radius 2 is 1.39 bits per heavy atom. The van der Waals surface area contributed by atoms with E-state index in [4.69, 9.17) is 4.74 Å². The second-order valence-electron chi connectivity index (χ2n) is 6.31. The normalized spacial score (nSPS) is 15.2. The van der Waals surface area contributed by atoms with Gasteiger partial charge in [-0.15, -0.1) is 0 Å². The fourth-order valence-electron chi connectivity index (χ4n) is 3.44. The Morgan fingerprint density at radius 3 is 1.96 bits per heavy atom. The number of carbonyl (C=O) groups is 4. The minimum Gasteiger partial charge on any atom is -0.433 e. The zero-order valence-electron chi connectivity index (χ0n) is 14.6. The predicted octanol–water partition coefficient (Wildman–Crippen LogP) is 3.15. The first kappa shape index (κ1) is 17.7. The zero-order valence-corrected chi connectivity index (χ0v) is 14.6. The van der Waals surface area contributed by atoms with E-state index in [1.54, 1.807) is 0 Å². The van der Waals surface area contributed by atoms with Crippen LogP contribution in [0.4, 0.5) is 9.59 Å². The number of imide groups is 1. The second kappa shape index (κ2) is 7.15. The Morgan fingerprint density at radius 1 is 0.857 bits per heavy atom. The SMILES string of the molecule is O=C(OCC1c2ccccc2-c2ccccc21)OC(=O)ON1C(=O)CCC1=O. The van der Waals surface area contributed by atoms with Crippen LogP contribution in [0.25, 0.3) is 11.1 Å². The van der Waals surface area contributed by atoms with Gasteiger partial charge in [-0.2, -0.15) is 0 Å². The molecule has 2 aromatic rings. The minimum absolute atomic E-state index is 0.0400. The molecule has 1 fully saturated rings. The van der Waals surface area contributed by atoms with Crippen LogP contribution in [0.5, 0.6) is 0 Å². The van der Waals surface area contributed by atoms with E-state index in [-0.39, 0.29) is 25.4 Å². The van der Waals surface area contributed by atoms with Crippen molar-refractivity contribution in [1.82, 2.24) is 5.06 Å². The van der Waals surface area contributed by atoms with Crippen molar-refractivity contribution < 1.29 is 33.5 Å². The lowest BCUT2D eigenvalue weighted by Crippen LogP contribution is -2.33. The molecule has 1 heterocycles. The summed E-state index contributed by atoms with van der Waals surface area (Å²) >= 11 is 0. The number of fused-ring (bicyclic) bond motifs is 3. The number of amides is 2. The van der Waals surface area contributed by atoms with Gasteiger partial charge in [-0.3, -0.25) is 14.4 Å². The van der Waals surface area contributed by atoms with Gasteiger partial charge >= 0.3 is 12.3 Å². The van der Waals surface area contributed by atoms with Crippen molar-refractivity contribution in [1.29, 1.82) is 0 Å². The van der Waals surface area contributed by atoms with Gasteiger partial charge in [0.15, 0.2) is 0 Å². The summed E-state index contributed by atoms with van der Waals surface area (Å²) in [6.07, 6.45) is -2.89. The molecule has 0 aromatic heterocycles. The van der Waals surface area contributed by atoms with Crippen molar-refractivity contribution in [3.63, 3.8) is 0 Å². The summed E-state index contributed by atoms with van der Waals surface area (Å²) in [5.41, 5.74) is 4.13. The van der Waals surface area contributed by atoms with Crippen LogP contribution in [0, 0.1) is 0 Å². The number of rotatable bonds is 3. The highest BCUT2D eigenvalue weighted by Crippen LogP contribution is 2.44. The largest absolute Gasteiger partial charge is 0.544 e. The second-order valence-corrected chi connectivity index (χ2v) is 6.31. The van der Waals surface area contributed by atoms with Gasteiger partial charge in [-0.1, -0.05) is 53.6 Å². The average Bonchev–Trinajstić information content (AvgIpc) is 3.18. The Balaban J connectivity index is 1.38. The number of hydrogen-bond donors (Lipinski definition) is 0. The molecule has 2 aromatic carbocycles. The highest BCUT2D eigenvalue weighted by Gasteiger charge is 2.34. The molecule has 2 amide bonds. The first-order chi connectivity index (χ1) is 13.5. The molecule has 1 aliphatic carbocycles. The number of hydrogen-bond acceptors (Lipinski definition) is 7. The predicted molar refractivity (Wildman–Crippen MR) is 93.7 cm³/mol. The highest BCUT2D eigenvalue weighted by molar-refractivity contribution is 6.01. The number of nitrogens with zero attached hydrogens (tertiary/aromatic N) is 1. The maximum Gasteiger partial charge on any atom is 0.544 e. The lowest BCUT2D eigenvalue weighted by atomic mass is 9.98. The van der Waals surface area contributed by atoms with Gasteiger partial charge in [0.25, 0.3) is 11.8 Å². The number of benzene rings is 2. The van der Waals surface area contributed by atoms with Gasteiger partial charge in [0.05, 0.1) is 0 Å². The van der Waals surface area contributed by atoms with Crippen LogP contribution in [0.15, 0.2) is 48.5 Å². The van der Waals surface area contributed by atoms with Crippen LogP contribution >= 0.6 is 0 Å².